The molecule has 9 atom stereocenters. The number of ketones is 1. The van der Waals surface area contributed by atoms with Crippen LogP contribution in [0.15, 0.2) is 46.3 Å². The normalized spacial score (nSPS) is 43.1. The van der Waals surface area contributed by atoms with E-state index in [0.29, 0.717) is 6.42 Å². The van der Waals surface area contributed by atoms with Crippen LogP contribution in [0.25, 0.3) is 0 Å². The Morgan fingerprint density at radius 2 is 1.94 bits per heavy atom. The summed E-state index contributed by atoms with van der Waals surface area (Å²) in [6, 6.07) is 1.94. The Kier molecular flexibility index (Phi) is 5.65. The molecule has 3 aliphatic carbocycles. The number of rotatable bonds is 4. The number of carbonyl (C=O) groups excluding carboxylic acids is 3. The first-order chi connectivity index (χ1) is 16.9. The van der Waals surface area contributed by atoms with Gasteiger partial charge in [0.15, 0.2) is 5.78 Å². The highest BCUT2D eigenvalue weighted by molar-refractivity contribution is 5.97. The summed E-state index contributed by atoms with van der Waals surface area (Å²) >= 11 is 0. The SMILES string of the molecule is COC(=O)C[C@H]1[C@]2(C)C3=C(C)[C@H](c4ccoc4)C[C@H]3O[C@@H]2[C@H](OC(C)=O)[C@@H]2[C@]1(C)C(=O)C=C[C@@]2(C)O. The minimum absolute atomic E-state index is 0.0395. The third kappa shape index (κ3) is 3.23. The summed E-state index contributed by atoms with van der Waals surface area (Å²) in [5.74, 6) is -2.49. The summed E-state index contributed by atoms with van der Waals surface area (Å²) in [5.41, 5.74) is -0.344. The van der Waals surface area contributed by atoms with Crippen LogP contribution >= 0.6 is 0 Å². The third-order valence-corrected chi connectivity index (χ3v) is 9.50. The van der Waals surface area contributed by atoms with Crippen molar-refractivity contribution in [2.24, 2.45) is 22.7 Å². The number of hydrogen-bond donors (Lipinski definition) is 1. The maximum Gasteiger partial charge on any atom is 0.305 e. The van der Waals surface area contributed by atoms with Crippen LogP contribution in [-0.2, 0) is 28.6 Å². The van der Waals surface area contributed by atoms with Gasteiger partial charge in [0.05, 0.1) is 37.8 Å². The monoisotopic (exact) mass is 498 g/mol. The summed E-state index contributed by atoms with van der Waals surface area (Å²) in [5, 5.41) is 11.5. The second-order valence-corrected chi connectivity index (χ2v) is 11.4. The molecule has 0 unspecified atom stereocenters. The number of methoxy groups -OCH3 is 1. The number of ether oxygens (including phenoxy) is 3. The quantitative estimate of drug-likeness (QED) is 0.496. The topological polar surface area (TPSA) is 112 Å². The van der Waals surface area contributed by atoms with Gasteiger partial charge in [-0.15, -0.1) is 0 Å². The van der Waals surface area contributed by atoms with E-state index < -0.39 is 52.4 Å². The molecule has 0 bridgehead atoms. The van der Waals surface area contributed by atoms with Crippen LogP contribution in [0.1, 0.15) is 58.9 Å². The molecule has 194 valence electrons. The van der Waals surface area contributed by atoms with Crippen LogP contribution in [0.5, 0.6) is 0 Å². The molecule has 0 amide bonds. The second kappa shape index (κ2) is 8.15. The molecule has 1 saturated heterocycles. The van der Waals surface area contributed by atoms with E-state index in [1.807, 2.05) is 13.0 Å². The fourth-order valence-corrected chi connectivity index (χ4v) is 8.12. The number of carbonyl (C=O) groups is 3. The predicted molar refractivity (Wildman–Crippen MR) is 128 cm³/mol. The average molecular weight is 499 g/mol. The van der Waals surface area contributed by atoms with Gasteiger partial charge in [-0.2, -0.15) is 0 Å². The summed E-state index contributed by atoms with van der Waals surface area (Å²) in [7, 11) is 1.33. The smallest absolute Gasteiger partial charge is 0.305 e. The van der Waals surface area contributed by atoms with E-state index in [0.717, 1.165) is 16.7 Å². The number of allylic oxidation sites excluding steroid dienone is 2. The Bertz CT molecular complexity index is 1160. The Morgan fingerprint density at radius 1 is 1.22 bits per heavy atom. The lowest BCUT2D eigenvalue weighted by Crippen LogP contribution is -2.70. The molecular weight excluding hydrogens is 464 g/mol. The first-order valence-corrected chi connectivity index (χ1v) is 12.5. The molecule has 1 aromatic heterocycles. The molecule has 5 rings (SSSR count). The van der Waals surface area contributed by atoms with Crippen LogP contribution in [0.3, 0.4) is 0 Å². The van der Waals surface area contributed by atoms with Crippen molar-refractivity contribution in [2.45, 2.75) is 77.3 Å². The van der Waals surface area contributed by atoms with Crippen molar-refractivity contribution in [3.63, 3.8) is 0 Å². The van der Waals surface area contributed by atoms with Gasteiger partial charge < -0.3 is 23.7 Å². The molecule has 1 aromatic rings. The lowest BCUT2D eigenvalue weighted by atomic mass is 9.43. The van der Waals surface area contributed by atoms with Crippen molar-refractivity contribution < 1.29 is 38.1 Å². The maximum atomic E-state index is 13.7. The van der Waals surface area contributed by atoms with Gasteiger partial charge in [0, 0.05) is 29.6 Å². The minimum Gasteiger partial charge on any atom is -0.472 e. The molecule has 8 nitrogen and oxygen atoms in total. The number of esters is 2. The molecule has 36 heavy (non-hydrogen) atoms. The van der Waals surface area contributed by atoms with E-state index in [2.05, 4.69) is 6.92 Å². The second-order valence-electron chi connectivity index (χ2n) is 11.4. The van der Waals surface area contributed by atoms with Gasteiger partial charge in [0.2, 0.25) is 0 Å². The van der Waals surface area contributed by atoms with Crippen LogP contribution in [-0.4, -0.2) is 53.9 Å². The van der Waals surface area contributed by atoms with E-state index in [1.165, 1.54) is 26.2 Å². The molecule has 1 saturated carbocycles. The molecule has 0 aromatic carbocycles. The molecule has 8 heteroatoms. The molecule has 2 fully saturated rings. The van der Waals surface area contributed by atoms with Crippen molar-refractivity contribution in [1.82, 2.24) is 0 Å². The van der Waals surface area contributed by atoms with Gasteiger partial charge in [-0.05, 0) is 55.5 Å². The molecule has 4 aliphatic rings. The molecule has 0 radical (unpaired) electrons. The first-order valence-electron chi connectivity index (χ1n) is 12.5. The zero-order valence-corrected chi connectivity index (χ0v) is 21.6. The fraction of sp³-hybridized carbons (Fsp3) is 0.607. The van der Waals surface area contributed by atoms with E-state index in [1.54, 1.807) is 26.4 Å². The standard InChI is InChI=1S/C28H34O8/c1-14-17(16-8-10-34-13-16)11-18-22(14)28(5)19(12-21(31)33-6)27(4)20(30)7-9-26(3,32)24(27)23(25(28)36-18)35-15(2)29/h7-10,13,17-19,23-25,32H,11-12H2,1-6H3/t17-,18-,19-,23-,24+,25-,26-,27+,28-/m1/s1. The molecule has 1 N–H and O–H groups in total. The van der Waals surface area contributed by atoms with E-state index in [4.69, 9.17) is 18.6 Å². The number of hydrogen-bond acceptors (Lipinski definition) is 8. The first kappa shape index (κ1) is 25.0. The van der Waals surface area contributed by atoms with Crippen LogP contribution < -0.4 is 0 Å². The maximum absolute atomic E-state index is 13.7. The van der Waals surface area contributed by atoms with Crippen molar-refractivity contribution in [3.05, 3.63) is 47.5 Å². The number of fused-ring (bicyclic) bond motifs is 4. The van der Waals surface area contributed by atoms with Crippen molar-refractivity contribution in [1.29, 1.82) is 0 Å². The predicted octanol–water partition coefficient (Wildman–Crippen LogP) is 3.49. The largest absolute Gasteiger partial charge is 0.472 e. The highest BCUT2D eigenvalue weighted by atomic mass is 16.6. The highest BCUT2D eigenvalue weighted by Crippen LogP contribution is 2.69. The molecular formula is C28H34O8. The summed E-state index contributed by atoms with van der Waals surface area (Å²) < 4.78 is 23.0. The fourth-order valence-electron chi connectivity index (χ4n) is 8.12. The Balaban J connectivity index is 1.75. The Morgan fingerprint density at radius 3 is 2.56 bits per heavy atom. The zero-order valence-electron chi connectivity index (χ0n) is 21.6. The zero-order chi connectivity index (χ0) is 26.2. The van der Waals surface area contributed by atoms with Crippen LogP contribution in [0.4, 0.5) is 0 Å². The lowest BCUT2D eigenvalue weighted by molar-refractivity contribution is -0.232. The van der Waals surface area contributed by atoms with Crippen molar-refractivity contribution >= 4 is 17.7 Å². The van der Waals surface area contributed by atoms with Gasteiger partial charge in [0.1, 0.15) is 12.2 Å². The van der Waals surface area contributed by atoms with Gasteiger partial charge in [0.25, 0.3) is 0 Å². The average Bonchev–Trinajstić information content (AvgIpc) is 3.50. The Labute approximate surface area is 210 Å². The van der Waals surface area contributed by atoms with E-state index >= 15 is 0 Å². The van der Waals surface area contributed by atoms with Crippen molar-refractivity contribution in [2.75, 3.05) is 7.11 Å². The minimum atomic E-state index is -1.47. The Hall–Kier alpha value is -2.71. The van der Waals surface area contributed by atoms with Crippen LogP contribution in [0.2, 0.25) is 0 Å². The molecule has 1 aliphatic heterocycles. The van der Waals surface area contributed by atoms with Crippen molar-refractivity contribution in [3.8, 4) is 0 Å². The summed E-state index contributed by atoms with van der Waals surface area (Å²) in [6.07, 6.45) is 5.04. The third-order valence-electron chi connectivity index (χ3n) is 9.50. The molecule has 0 spiro atoms. The van der Waals surface area contributed by atoms with Crippen LogP contribution in [0, 0.1) is 22.7 Å². The lowest BCUT2D eigenvalue weighted by Gasteiger charge is -2.62. The van der Waals surface area contributed by atoms with E-state index in [9.17, 15) is 19.5 Å². The van der Waals surface area contributed by atoms with Gasteiger partial charge in [-0.3, -0.25) is 14.4 Å². The highest BCUT2D eigenvalue weighted by Gasteiger charge is 2.74. The van der Waals surface area contributed by atoms with Gasteiger partial charge in [-0.25, -0.2) is 0 Å². The summed E-state index contributed by atoms with van der Waals surface area (Å²) in [6.45, 7) is 8.80. The molecule has 2 heterocycles. The van der Waals surface area contributed by atoms with E-state index in [-0.39, 0.29) is 24.2 Å². The number of furan rings is 1. The summed E-state index contributed by atoms with van der Waals surface area (Å²) in [4.78, 5) is 38.9. The van der Waals surface area contributed by atoms with Gasteiger partial charge in [-0.1, -0.05) is 19.4 Å². The number of aliphatic hydroxyl groups is 1. The van der Waals surface area contributed by atoms with Gasteiger partial charge >= 0.3 is 11.9 Å².